The van der Waals surface area contributed by atoms with Gasteiger partial charge in [-0.3, -0.25) is 4.79 Å². The molecule has 3 heterocycles. The van der Waals surface area contributed by atoms with Crippen LogP contribution in [0.3, 0.4) is 0 Å². The molecule has 0 amide bonds. The van der Waals surface area contributed by atoms with E-state index in [0.29, 0.717) is 24.6 Å². The highest BCUT2D eigenvalue weighted by Gasteiger charge is 2.54. The maximum Gasteiger partial charge on any atom is 0.307 e. The maximum absolute atomic E-state index is 13.7. The van der Waals surface area contributed by atoms with Crippen LogP contribution in [0, 0.1) is 10.6 Å². The monoisotopic (exact) mass is 557 g/mol. The summed E-state index contributed by atoms with van der Waals surface area (Å²) < 4.78 is 19.2. The lowest BCUT2D eigenvalue weighted by atomic mass is 9.80. The Hall–Kier alpha value is -3.23. The summed E-state index contributed by atoms with van der Waals surface area (Å²) in [6, 6.07) is 16.4. The number of carbonyl (C=O) groups excluding carboxylic acids is 1. The number of hydrogen-bond donors (Lipinski definition) is 1. The number of quaternary nitrogens is 1. The zero-order valence-corrected chi connectivity index (χ0v) is 24.5. The summed E-state index contributed by atoms with van der Waals surface area (Å²) in [5.74, 6) is 0.627. The number of ether oxygens (including phenoxy) is 3. The number of piperidine rings is 1. The molecule has 1 fully saturated rings. The minimum absolute atomic E-state index is 0.00184. The van der Waals surface area contributed by atoms with E-state index in [2.05, 4.69) is 24.3 Å². The Bertz CT molecular complexity index is 1370. The maximum atomic E-state index is 13.7. The lowest BCUT2D eigenvalue weighted by Gasteiger charge is -2.54. The Labute approximate surface area is 241 Å². The molecular weight excluding hydrogens is 518 g/mol. The highest BCUT2D eigenvalue weighted by Crippen LogP contribution is 2.48. The van der Waals surface area contributed by atoms with Gasteiger partial charge in [-0.25, -0.2) is 9.98 Å². The van der Waals surface area contributed by atoms with Crippen molar-refractivity contribution in [2.24, 2.45) is 15.4 Å². The van der Waals surface area contributed by atoms with Crippen LogP contribution in [0.15, 0.2) is 58.5 Å². The number of aliphatic imine (C=N–C) groups is 2. The summed E-state index contributed by atoms with van der Waals surface area (Å²) >= 11 is 0. The third-order valence-corrected chi connectivity index (χ3v) is 9.78. The van der Waals surface area contributed by atoms with Gasteiger partial charge in [-0.2, -0.15) is 0 Å². The lowest BCUT2D eigenvalue weighted by molar-refractivity contribution is -0.956. The summed E-state index contributed by atoms with van der Waals surface area (Å²) in [7, 11) is 0. The largest absolute Gasteiger partial charge is 0.634 e. The van der Waals surface area contributed by atoms with Crippen molar-refractivity contribution in [2.45, 2.75) is 108 Å². The summed E-state index contributed by atoms with van der Waals surface area (Å²) in [5, 5.41) is 13.1. The van der Waals surface area contributed by atoms with Gasteiger partial charge in [-0.05, 0) is 56.9 Å². The average molecular weight is 558 g/mol. The van der Waals surface area contributed by atoms with Gasteiger partial charge < -0.3 is 24.5 Å². The van der Waals surface area contributed by atoms with Crippen molar-refractivity contribution >= 4 is 17.8 Å². The summed E-state index contributed by atoms with van der Waals surface area (Å²) in [6.07, 6.45) is 2.02. The third-order valence-electron chi connectivity index (χ3n) is 9.78. The molecule has 41 heavy (non-hydrogen) atoms. The minimum atomic E-state index is -1.01. The van der Waals surface area contributed by atoms with Crippen LogP contribution in [0.1, 0.15) is 88.2 Å². The molecule has 5 aliphatic rings. The smallest absolute Gasteiger partial charge is 0.307 e. The second kappa shape index (κ2) is 9.13. The molecule has 0 bridgehead atoms. The first kappa shape index (κ1) is 26.7. The number of hydrogen-bond acceptors (Lipinski definition) is 7. The van der Waals surface area contributed by atoms with Gasteiger partial charge in [0.15, 0.2) is 0 Å². The van der Waals surface area contributed by atoms with E-state index in [9.17, 15) is 10.0 Å². The quantitative estimate of drug-likeness (QED) is 0.439. The fraction of sp³-hybridized carbons (Fsp3) is 0.545. The standard InChI is InChI=1S/C33H39N3O5/c1-31(2)16-21(17-32(3,4)36(31)38)39-26(37)18-33(5,29-34-27-22-12-8-6-10-19(22)14-24(27)40-29)30-35-28-23-13-9-7-11-20(23)15-25(28)41-30/h6-13,21,24-25,27-28,36H,14-18H2,1-5H3/t24-,25-,27+,28+/m1/s1. The van der Waals surface area contributed by atoms with Crippen molar-refractivity contribution < 1.29 is 24.1 Å². The molecule has 0 aromatic heterocycles. The molecule has 0 unspecified atom stereocenters. The first-order valence-corrected chi connectivity index (χ1v) is 14.8. The van der Waals surface area contributed by atoms with Gasteiger partial charge in [-0.1, -0.05) is 48.5 Å². The van der Waals surface area contributed by atoms with Gasteiger partial charge in [0.2, 0.25) is 11.8 Å². The van der Waals surface area contributed by atoms with Crippen molar-refractivity contribution in [3.05, 3.63) is 76.0 Å². The number of nitrogens with one attached hydrogen (secondary N) is 1. The molecule has 2 aromatic rings. The molecule has 0 radical (unpaired) electrons. The van der Waals surface area contributed by atoms with Crippen molar-refractivity contribution in [1.82, 2.24) is 0 Å². The first-order valence-electron chi connectivity index (χ1n) is 14.8. The highest BCUT2D eigenvalue weighted by molar-refractivity contribution is 6.08. The van der Waals surface area contributed by atoms with Crippen molar-refractivity contribution in [1.29, 1.82) is 0 Å². The Kier molecular flexibility index (Phi) is 5.94. The van der Waals surface area contributed by atoms with Gasteiger partial charge in [0.05, 0.1) is 17.5 Å². The van der Waals surface area contributed by atoms with E-state index < -0.39 is 16.5 Å². The topological polar surface area (TPSA) is 97.0 Å². The van der Waals surface area contributed by atoms with Gasteiger partial charge in [0, 0.05) is 25.7 Å². The molecule has 8 heteroatoms. The number of hydroxylamine groups is 2. The zero-order chi connectivity index (χ0) is 28.7. The van der Waals surface area contributed by atoms with E-state index in [4.69, 9.17) is 24.2 Å². The highest BCUT2D eigenvalue weighted by atomic mass is 16.6. The van der Waals surface area contributed by atoms with Crippen molar-refractivity contribution in [2.75, 3.05) is 0 Å². The van der Waals surface area contributed by atoms with Crippen molar-refractivity contribution in [3.63, 3.8) is 0 Å². The van der Waals surface area contributed by atoms with Gasteiger partial charge >= 0.3 is 5.97 Å². The van der Waals surface area contributed by atoms with Crippen LogP contribution in [-0.2, 0) is 31.8 Å². The molecule has 8 nitrogen and oxygen atoms in total. The number of esters is 1. The van der Waals surface area contributed by atoms with Crippen LogP contribution in [0.4, 0.5) is 0 Å². The SMILES string of the molecule is CC(CC(=O)OC1CC(C)(C)[NH+]([O-])C(C)(C)C1)(C1=N[C@H]2c3ccccc3C[C@H]2O1)C1=N[C@H]2c3ccccc3C[C@H]2O1. The Morgan fingerprint density at radius 2 is 1.37 bits per heavy atom. The van der Waals surface area contributed by atoms with E-state index in [0.717, 1.165) is 12.8 Å². The fourth-order valence-corrected chi connectivity index (χ4v) is 7.89. The molecule has 1 saturated heterocycles. The average Bonchev–Trinajstić information content (AvgIpc) is 3.65. The third kappa shape index (κ3) is 4.29. The number of fused-ring (bicyclic) bond motifs is 6. The zero-order valence-electron chi connectivity index (χ0n) is 24.5. The summed E-state index contributed by atoms with van der Waals surface area (Å²) in [4.78, 5) is 23.9. The molecule has 4 atom stereocenters. The normalized spacial score (nSPS) is 32.0. The molecule has 2 aliphatic carbocycles. The van der Waals surface area contributed by atoms with E-state index in [1.165, 1.54) is 22.3 Å². The van der Waals surface area contributed by atoms with E-state index in [1.807, 2.05) is 58.9 Å². The minimum Gasteiger partial charge on any atom is -0.634 e. The summed E-state index contributed by atoms with van der Waals surface area (Å²) in [6.45, 7) is 9.71. The van der Waals surface area contributed by atoms with E-state index >= 15 is 0 Å². The first-order chi connectivity index (χ1) is 19.4. The van der Waals surface area contributed by atoms with Crippen molar-refractivity contribution in [3.8, 4) is 0 Å². The number of nitrogens with zero attached hydrogens (tertiary/aromatic N) is 2. The fourth-order valence-electron chi connectivity index (χ4n) is 7.89. The second-order valence-corrected chi connectivity index (χ2v) is 14.0. The van der Waals surface area contributed by atoms with Crippen LogP contribution >= 0.6 is 0 Å². The van der Waals surface area contributed by atoms with Gasteiger partial charge in [0.25, 0.3) is 0 Å². The Balaban J connectivity index is 1.19. The number of carbonyl (C=O) groups is 1. The molecule has 0 spiro atoms. The van der Waals surface area contributed by atoms with Crippen LogP contribution in [0.25, 0.3) is 0 Å². The molecule has 7 rings (SSSR count). The van der Waals surface area contributed by atoms with Crippen LogP contribution in [0.2, 0.25) is 0 Å². The molecular formula is C33H39N3O5. The summed E-state index contributed by atoms with van der Waals surface area (Å²) in [5.41, 5.74) is 2.74. The Morgan fingerprint density at radius 1 is 0.902 bits per heavy atom. The number of rotatable bonds is 5. The van der Waals surface area contributed by atoms with Gasteiger partial charge in [0.1, 0.15) is 35.8 Å². The molecule has 3 aliphatic heterocycles. The molecule has 1 N–H and O–H groups in total. The molecule has 2 aromatic carbocycles. The Morgan fingerprint density at radius 3 is 1.85 bits per heavy atom. The number of benzene rings is 2. The molecule has 0 saturated carbocycles. The van der Waals surface area contributed by atoms with Crippen LogP contribution < -0.4 is 5.06 Å². The predicted molar refractivity (Wildman–Crippen MR) is 155 cm³/mol. The van der Waals surface area contributed by atoms with E-state index in [-0.39, 0.29) is 47.8 Å². The second-order valence-electron chi connectivity index (χ2n) is 14.0. The van der Waals surface area contributed by atoms with E-state index in [1.54, 1.807) is 0 Å². The van der Waals surface area contributed by atoms with Crippen LogP contribution in [-0.4, -0.2) is 47.2 Å². The molecule has 216 valence electrons. The van der Waals surface area contributed by atoms with Crippen LogP contribution in [0.5, 0.6) is 0 Å². The van der Waals surface area contributed by atoms with Gasteiger partial charge in [-0.15, -0.1) is 0 Å². The lowest BCUT2D eigenvalue weighted by Crippen LogP contribution is -3.23. The predicted octanol–water partition coefficient (Wildman–Crippen LogP) is 4.22.